The molecule has 0 atom stereocenters. The molecule has 1 aliphatic heterocycles. The number of amides is 2. The molecule has 0 aliphatic carbocycles. The van der Waals surface area contributed by atoms with E-state index in [0.717, 1.165) is 40.8 Å². The van der Waals surface area contributed by atoms with Crippen LogP contribution in [0.2, 0.25) is 0 Å². The van der Waals surface area contributed by atoms with Crippen molar-refractivity contribution in [2.75, 3.05) is 54.1 Å². The van der Waals surface area contributed by atoms with Crippen LogP contribution in [-0.2, 0) is 10.2 Å². The third kappa shape index (κ3) is 8.11. The van der Waals surface area contributed by atoms with Crippen molar-refractivity contribution in [1.82, 2.24) is 9.29 Å². The number of ether oxygens (including phenoxy) is 3. The zero-order chi connectivity index (χ0) is 33.5. The summed E-state index contributed by atoms with van der Waals surface area (Å²) in [6.45, 7) is 9.44. The van der Waals surface area contributed by atoms with E-state index in [1.54, 1.807) is 13.3 Å². The second-order valence-electron chi connectivity index (χ2n) is 12.3. The summed E-state index contributed by atoms with van der Waals surface area (Å²) in [7, 11) is 1.61. The number of methoxy groups -OCH3 is 1. The Hall–Kier alpha value is -4.97. The van der Waals surface area contributed by atoms with Crippen molar-refractivity contribution in [3.63, 3.8) is 0 Å². The first-order valence-corrected chi connectivity index (χ1v) is 16.6. The van der Waals surface area contributed by atoms with Gasteiger partial charge in [-0.15, -0.1) is 0 Å². The number of para-hydroxylation sites is 1. The zero-order valence-corrected chi connectivity index (χ0v) is 28.3. The van der Waals surface area contributed by atoms with Crippen molar-refractivity contribution in [1.29, 1.82) is 0 Å². The lowest BCUT2D eigenvalue weighted by atomic mass is 9.86. The van der Waals surface area contributed by atoms with E-state index in [-0.39, 0.29) is 5.41 Å². The normalized spacial score (nSPS) is 13.5. The minimum Gasteiger partial charge on any atom is -0.492 e. The number of anilines is 5. The fourth-order valence-corrected chi connectivity index (χ4v) is 6.00. The highest BCUT2D eigenvalue weighted by Gasteiger charge is 2.22. The average molecular weight is 665 g/mol. The van der Waals surface area contributed by atoms with Crippen molar-refractivity contribution in [3.8, 4) is 17.2 Å². The number of carbonyl (C=O) groups excluding carboxylic acids is 1. The smallest absolute Gasteiger partial charge is 0.323 e. The van der Waals surface area contributed by atoms with Crippen molar-refractivity contribution in [2.24, 2.45) is 0 Å². The molecule has 10 nitrogen and oxygen atoms in total. The van der Waals surface area contributed by atoms with Gasteiger partial charge in [-0.2, -0.15) is 0 Å². The van der Waals surface area contributed by atoms with Crippen LogP contribution in [0, 0.1) is 0 Å². The van der Waals surface area contributed by atoms with Gasteiger partial charge in [0.15, 0.2) is 5.75 Å². The highest BCUT2D eigenvalue weighted by molar-refractivity contribution is 7.98. The van der Waals surface area contributed by atoms with Crippen LogP contribution in [0.1, 0.15) is 26.3 Å². The SMILES string of the molecule is COc1c(NSN2CCOCC2)cc(C(C)(C)C)cc1NC(=O)Nc1ccc(Oc2ccnc(Nc3ccccc3)c2)c2ccccc12. The monoisotopic (exact) mass is 664 g/mol. The first-order chi connectivity index (χ1) is 23.3. The third-order valence-corrected chi connectivity index (χ3v) is 8.73. The van der Waals surface area contributed by atoms with Crippen LogP contribution < -0.4 is 30.1 Å². The lowest BCUT2D eigenvalue weighted by molar-refractivity contribution is 0.0775. The van der Waals surface area contributed by atoms with Crippen molar-refractivity contribution < 1.29 is 19.0 Å². The fourth-order valence-electron chi connectivity index (χ4n) is 5.29. The molecule has 4 aromatic carbocycles. The number of pyridine rings is 1. The minimum absolute atomic E-state index is 0.168. The summed E-state index contributed by atoms with van der Waals surface area (Å²) in [5.41, 5.74) is 3.80. The van der Waals surface area contributed by atoms with Gasteiger partial charge in [-0.25, -0.2) is 14.1 Å². The number of nitrogens with zero attached hydrogens (tertiary/aromatic N) is 2. The number of carbonyl (C=O) groups is 1. The number of aromatic nitrogens is 1. The van der Waals surface area contributed by atoms with Gasteiger partial charge < -0.3 is 34.9 Å². The van der Waals surface area contributed by atoms with Crippen molar-refractivity contribution in [3.05, 3.63) is 103 Å². The van der Waals surface area contributed by atoms with E-state index in [2.05, 4.69) is 56.8 Å². The molecule has 248 valence electrons. The van der Waals surface area contributed by atoms with Crippen LogP contribution in [0.3, 0.4) is 0 Å². The first kappa shape index (κ1) is 33.0. The zero-order valence-electron chi connectivity index (χ0n) is 27.5. The molecule has 0 spiro atoms. The van der Waals surface area contributed by atoms with E-state index >= 15 is 0 Å². The molecule has 0 unspecified atom stereocenters. The van der Waals surface area contributed by atoms with Gasteiger partial charge in [0.1, 0.15) is 17.3 Å². The molecule has 2 heterocycles. The lowest BCUT2D eigenvalue weighted by Crippen LogP contribution is -2.32. The minimum atomic E-state index is -0.393. The van der Waals surface area contributed by atoms with Gasteiger partial charge in [-0.3, -0.25) is 0 Å². The topological polar surface area (TPSA) is 109 Å². The molecule has 0 bridgehead atoms. The lowest BCUT2D eigenvalue weighted by Gasteiger charge is -2.27. The fraction of sp³-hybridized carbons (Fsp3) is 0.243. The Balaban J connectivity index is 1.21. The number of nitrogens with one attached hydrogen (secondary N) is 4. The summed E-state index contributed by atoms with van der Waals surface area (Å²) < 4.78 is 23.3. The average Bonchev–Trinajstić information content (AvgIpc) is 3.09. The predicted molar refractivity (Wildman–Crippen MR) is 196 cm³/mol. The number of rotatable bonds is 10. The number of hydrogen-bond donors (Lipinski definition) is 4. The molecule has 0 saturated carbocycles. The third-order valence-electron chi connectivity index (χ3n) is 7.80. The maximum Gasteiger partial charge on any atom is 0.323 e. The summed E-state index contributed by atoms with van der Waals surface area (Å²) in [5, 5.41) is 11.1. The van der Waals surface area contributed by atoms with E-state index in [0.29, 0.717) is 47.7 Å². The molecule has 1 aromatic heterocycles. The molecule has 1 fully saturated rings. The van der Waals surface area contributed by atoms with Crippen LogP contribution in [0.15, 0.2) is 97.2 Å². The Bertz CT molecular complexity index is 1880. The second-order valence-corrected chi connectivity index (χ2v) is 13.2. The van der Waals surface area contributed by atoms with Crippen LogP contribution >= 0.6 is 12.1 Å². The molecule has 4 N–H and O–H groups in total. The van der Waals surface area contributed by atoms with E-state index < -0.39 is 6.03 Å². The van der Waals surface area contributed by atoms with Crippen molar-refractivity contribution in [2.45, 2.75) is 26.2 Å². The molecule has 1 saturated heterocycles. The van der Waals surface area contributed by atoms with Gasteiger partial charge in [0.05, 0.1) is 37.4 Å². The molecule has 6 rings (SSSR count). The number of hydrogen-bond acceptors (Lipinski definition) is 9. The molecular weight excluding hydrogens is 625 g/mol. The number of fused-ring (bicyclic) bond motifs is 1. The van der Waals surface area contributed by atoms with Gasteiger partial charge in [-0.1, -0.05) is 63.2 Å². The van der Waals surface area contributed by atoms with Crippen LogP contribution in [-0.4, -0.2) is 48.7 Å². The van der Waals surface area contributed by atoms with Gasteiger partial charge in [0, 0.05) is 53.9 Å². The Morgan fingerprint density at radius 2 is 1.56 bits per heavy atom. The van der Waals surface area contributed by atoms with E-state index in [4.69, 9.17) is 14.2 Å². The molecular formula is C37H40N6O4S. The maximum atomic E-state index is 13.6. The largest absolute Gasteiger partial charge is 0.492 e. The Morgan fingerprint density at radius 3 is 2.31 bits per heavy atom. The molecule has 11 heteroatoms. The van der Waals surface area contributed by atoms with E-state index in [9.17, 15) is 4.79 Å². The van der Waals surface area contributed by atoms with E-state index in [1.165, 1.54) is 12.1 Å². The summed E-state index contributed by atoms with van der Waals surface area (Å²) in [6, 6.07) is 28.7. The van der Waals surface area contributed by atoms with Gasteiger partial charge in [0.2, 0.25) is 0 Å². The summed E-state index contributed by atoms with van der Waals surface area (Å²) in [4.78, 5) is 18.0. The predicted octanol–water partition coefficient (Wildman–Crippen LogP) is 9.03. The highest BCUT2D eigenvalue weighted by atomic mass is 32.2. The molecule has 1 aliphatic rings. The van der Waals surface area contributed by atoms with E-state index in [1.807, 2.05) is 84.9 Å². The molecule has 2 amide bonds. The standard InChI is InChI=1S/C37H40N6O4S/c1-37(2,3)25-22-31(35(45-4)32(23-25)42-48-43-18-20-46-21-19-43)41-36(44)40-30-14-15-33(29-13-9-8-12-28(29)30)47-27-16-17-38-34(24-27)39-26-10-6-5-7-11-26/h5-17,22-24,42H,18-21H2,1-4H3,(H,38,39)(H2,40,41,44). The molecule has 5 aromatic rings. The van der Waals surface area contributed by atoms with Crippen LogP contribution in [0.25, 0.3) is 10.8 Å². The summed E-state index contributed by atoms with van der Waals surface area (Å²) in [6.07, 6.45) is 1.70. The number of urea groups is 1. The Morgan fingerprint density at radius 1 is 0.854 bits per heavy atom. The second kappa shape index (κ2) is 14.8. The molecule has 48 heavy (non-hydrogen) atoms. The number of benzene rings is 4. The highest BCUT2D eigenvalue weighted by Crippen LogP contribution is 2.41. The van der Waals surface area contributed by atoms with Crippen molar-refractivity contribution >= 4 is 57.5 Å². The first-order valence-electron chi connectivity index (χ1n) is 15.8. The van der Waals surface area contributed by atoms with Gasteiger partial charge in [0.25, 0.3) is 0 Å². The van der Waals surface area contributed by atoms with Crippen LogP contribution in [0.4, 0.5) is 33.4 Å². The Kier molecular flexibility index (Phi) is 10.2. The quantitative estimate of drug-likeness (QED) is 0.109. The summed E-state index contributed by atoms with van der Waals surface area (Å²) in [5.74, 6) is 2.50. The molecule has 0 radical (unpaired) electrons. The van der Waals surface area contributed by atoms with Gasteiger partial charge >= 0.3 is 6.03 Å². The maximum absolute atomic E-state index is 13.6. The number of morpholine rings is 1. The summed E-state index contributed by atoms with van der Waals surface area (Å²) >= 11 is 1.51. The van der Waals surface area contributed by atoms with Gasteiger partial charge in [-0.05, 0) is 53.4 Å². The van der Waals surface area contributed by atoms with Crippen LogP contribution in [0.5, 0.6) is 17.2 Å². The Labute approximate surface area is 285 Å².